The Morgan fingerprint density at radius 3 is 2.37 bits per heavy atom. The summed E-state index contributed by atoms with van der Waals surface area (Å²) in [7, 11) is 0. The lowest BCUT2D eigenvalue weighted by atomic mass is 9.49. The second-order valence-corrected chi connectivity index (χ2v) is 10.6. The van der Waals surface area contributed by atoms with Crippen LogP contribution in [0.3, 0.4) is 0 Å². The van der Waals surface area contributed by atoms with Gasteiger partial charge in [-0.25, -0.2) is 0 Å². The Labute approximate surface area is 181 Å². The maximum Gasteiger partial charge on any atom is 0.267 e. The molecular weight excluding hydrogens is 370 g/mol. The highest BCUT2D eigenvalue weighted by molar-refractivity contribution is 6.39. The van der Waals surface area contributed by atoms with E-state index in [4.69, 9.17) is 5.10 Å². The van der Waals surface area contributed by atoms with Crippen LogP contribution in [0.25, 0.3) is 0 Å². The lowest BCUT2D eigenvalue weighted by Gasteiger charge is -2.56. The van der Waals surface area contributed by atoms with E-state index in [-0.39, 0.29) is 11.9 Å². The van der Waals surface area contributed by atoms with E-state index in [0.717, 1.165) is 49.4 Å². The molecule has 6 rings (SSSR count). The van der Waals surface area contributed by atoms with Gasteiger partial charge in [-0.3, -0.25) is 9.80 Å². The molecule has 1 N–H and O–H groups in total. The predicted octanol–water partition coefficient (Wildman–Crippen LogP) is 5.31. The minimum atomic E-state index is 0.0738. The van der Waals surface area contributed by atoms with Crippen LogP contribution in [0.4, 0.5) is 0 Å². The van der Waals surface area contributed by atoms with Crippen molar-refractivity contribution in [2.24, 2.45) is 28.3 Å². The summed E-state index contributed by atoms with van der Waals surface area (Å²) in [4.78, 5) is 13.1. The predicted molar refractivity (Wildman–Crippen MR) is 121 cm³/mol. The van der Waals surface area contributed by atoms with Gasteiger partial charge in [0, 0.05) is 19.5 Å². The van der Waals surface area contributed by atoms with E-state index < -0.39 is 0 Å². The Morgan fingerprint density at radius 1 is 1.07 bits per heavy atom. The van der Waals surface area contributed by atoms with Gasteiger partial charge in [0.05, 0.1) is 6.04 Å². The molecule has 5 aliphatic rings. The summed E-state index contributed by atoms with van der Waals surface area (Å²) in [6, 6.07) is 10.8. The van der Waals surface area contributed by atoms with Gasteiger partial charge < -0.3 is 5.32 Å². The number of hydrazone groups is 1. The van der Waals surface area contributed by atoms with Crippen LogP contribution in [0, 0.1) is 23.2 Å². The zero-order valence-corrected chi connectivity index (χ0v) is 18.5. The molecule has 4 heteroatoms. The monoisotopic (exact) mass is 407 g/mol. The highest BCUT2D eigenvalue weighted by Gasteiger charge is 2.50. The highest BCUT2D eigenvalue weighted by atomic mass is 16.2. The van der Waals surface area contributed by atoms with Gasteiger partial charge in [-0.05, 0) is 73.7 Å². The van der Waals surface area contributed by atoms with Crippen molar-refractivity contribution in [3.63, 3.8) is 0 Å². The van der Waals surface area contributed by atoms with Crippen molar-refractivity contribution in [1.29, 1.82) is 0 Å². The third-order valence-corrected chi connectivity index (χ3v) is 8.22. The first kappa shape index (κ1) is 20.1. The lowest BCUT2D eigenvalue weighted by Crippen LogP contribution is -2.51. The van der Waals surface area contributed by atoms with Crippen molar-refractivity contribution in [3.8, 4) is 0 Å². The van der Waals surface area contributed by atoms with Crippen LogP contribution in [0.2, 0.25) is 0 Å². The van der Waals surface area contributed by atoms with E-state index in [2.05, 4.69) is 47.6 Å². The molecule has 1 amide bonds. The summed E-state index contributed by atoms with van der Waals surface area (Å²) in [5, 5.41) is 10.3. The maximum absolute atomic E-state index is 13.1. The van der Waals surface area contributed by atoms with E-state index in [1.807, 2.05) is 0 Å². The van der Waals surface area contributed by atoms with E-state index in [0.29, 0.717) is 5.41 Å². The minimum absolute atomic E-state index is 0.0738. The van der Waals surface area contributed by atoms with Crippen LogP contribution in [-0.2, 0) is 4.79 Å². The van der Waals surface area contributed by atoms with Crippen molar-refractivity contribution < 1.29 is 4.79 Å². The Kier molecular flexibility index (Phi) is 5.59. The summed E-state index contributed by atoms with van der Waals surface area (Å²) in [5.41, 5.74) is 2.37. The molecule has 0 spiro atoms. The molecule has 1 unspecified atom stereocenters. The van der Waals surface area contributed by atoms with Crippen molar-refractivity contribution in [2.75, 3.05) is 13.1 Å². The molecule has 0 aromatic heterocycles. The normalized spacial score (nSPS) is 34.3. The number of unbranched alkanes of at least 4 members (excludes halogenated alkanes) is 2. The Morgan fingerprint density at radius 2 is 1.73 bits per heavy atom. The first-order valence-electron chi connectivity index (χ1n) is 12.3. The third kappa shape index (κ3) is 4.02. The standard InChI is InChI=1S/C26H37N3O/c1-2-3-7-10-29-24(22-8-5-4-6-9-22)14-23(28-29)25(30)27-18-26-15-19-11-20(16-26)13-21(12-19)17-26/h4-6,8-9,19-21,24H,2-3,7,10-18H2,1H3,(H,27,30). The van der Waals surface area contributed by atoms with Crippen LogP contribution in [0.1, 0.15) is 82.7 Å². The molecule has 4 bridgehead atoms. The smallest absolute Gasteiger partial charge is 0.267 e. The largest absolute Gasteiger partial charge is 0.350 e. The van der Waals surface area contributed by atoms with Crippen LogP contribution >= 0.6 is 0 Å². The third-order valence-electron chi connectivity index (χ3n) is 8.22. The van der Waals surface area contributed by atoms with Crippen LogP contribution in [0.15, 0.2) is 35.4 Å². The zero-order valence-electron chi connectivity index (χ0n) is 18.5. The molecule has 162 valence electrons. The van der Waals surface area contributed by atoms with Crippen molar-refractivity contribution in [1.82, 2.24) is 10.3 Å². The number of benzene rings is 1. The molecule has 1 atom stereocenters. The summed E-state index contributed by atoms with van der Waals surface area (Å²) in [5.74, 6) is 2.85. The van der Waals surface area contributed by atoms with Gasteiger partial charge in [0.2, 0.25) is 0 Å². The van der Waals surface area contributed by atoms with Gasteiger partial charge in [0.1, 0.15) is 5.71 Å². The minimum Gasteiger partial charge on any atom is -0.350 e. The van der Waals surface area contributed by atoms with Gasteiger partial charge >= 0.3 is 0 Å². The van der Waals surface area contributed by atoms with Crippen molar-refractivity contribution >= 4 is 11.6 Å². The first-order valence-corrected chi connectivity index (χ1v) is 12.3. The van der Waals surface area contributed by atoms with Crippen LogP contribution in [0.5, 0.6) is 0 Å². The first-order chi connectivity index (χ1) is 14.6. The van der Waals surface area contributed by atoms with E-state index in [9.17, 15) is 4.79 Å². The molecule has 1 aliphatic heterocycles. The molecule has 1 aromatic rings. The number of amides is 1. The molecule has 30 heavy (non-hydrogen) atoms. The molecular formula is C26H37N3O. The fourth-order valence-corrected chi connectivity index (χ4v) is 7.26. The number of nitrogens with zero attached hydrogens (tertiary/aromatic N) is 2. The van der Waals surface area contributed by atoms with Crippen LogP contribution in [-0.4, -0.2) is 29.7 Å². The summed E-state index contributed by atoms with van der Waals surface area (Å²) >= 11 is 0. The molecule has 4 aliphatic carbocycles. The topological polar surface area (TPSA) is 44.7 Å². The van der Waals surface area contributed by atoms with Gasteiger partial charge in [-0.2, -0.15) is 5.10 Å². The van der Waals surface area contributed by atoms with Gasteiger partial charge in [0.25, 0.3) is 5.91 Å². The van der Waals surface area contributed by atoms with Gasteiger partial charge in [-0.1, -0.05) is 50.1 Å². The number of hydrogen-bond donors (Lipinski definition) is 1. The quantitative estimate of drug-likeness (QED) is 0.593. The van der Waals surface area contributed by atoms with E-state index in [1.165, 1.54) is 56.9 Å². The van der Waals surface area contributed by atoms with E-state index in [1.54, 1.807) is 0 Å². The molecule has 4 nitrogen and oxygen atoms in total. The average Bonchev–Trinajstić information content (AvgIpc) is 3.16. The summed E-state index contributed by atoms with van der Waals surface area (Å²) in [6.07, 6.45) is 12.6. The second-order valence-electron chi connectivity index (χ2n) is 10.6. The fraction of sp³-hybridized carbons (Fsp3) is 0.692. The number of carbonyl (C=O) groups is 1. The number of hydrogen-bond acceptors (Lipinski definition) is 3. The lowest BCUT2D eigenvalue weighted by molar-refractivity contribution is -0.117. The van der Waals surface area contributed by atoms with Crippen molar-refractivity contribution in [3.05, 3.63) is 35.9 Å². The molecule has 4 saturated carbocycles. The number of rotatable bonds is 8. The summed E-state index contributed by atoms with van der Waals surface area (Å²) in [6.45, 7) is 4.02. The molecule has 0 radical (unpaired) electrons. The number of nitrogens with one attached hydrogen (secondary N) is 1. The fourth-order valence-electron chi connectivity index (χ4n) is 7.26. The average molecular weight is 408 g/mol. The maximum atomic E-state index is 13.1. The van der Waals surface area contributed by atoms with Crippen molar-refractivity contribution in [2.45, 2.75) is 77.2 Å². The number of carbonyl (C=O) groups excluding carboxylic acids is 1. The Balaban J connectivity index is 1.24. The Hall–Kier alpha value is -1.84. The summed E-state index contributed by atoms with van der Waals surface area (Å²) < 4.78 is 0. The van der Waals surface area contributed by atoms with Gasteiger partial charge in [-0.15, -0.1) is 0 Å². The SMILES string of the molecule is CCCCCN1N=C(C(=O)NCC23CC4CC(CC(C4)C2)C3)CC1c1ccccc1. The van der Waals surface area contributed by atoms with E-state index >= 15 is 0 Å². The highest BCUT2D eigenvalue weighted by Crippen LogP contribution is 2.59. The molecule has 4 fully saturated rings. The molecule has 1 heterocycles. The molecule has 1 aromatic carbocycles. The second kappa shape index (κ2) is 8.36. The Bertz CT molecular complexity index is 751. The molecule has 0 saturated heterocycles. The van der Waals surface area contributed by atoms with Gasteiger partial charge in [0.15, 0.2) is 0 Å². The zero-order chi connectivity index (χ0) is 20.6. The van der Waals surface area contributed by atoms with Crippen LogP contribution < -0.4 is 5.32 Å².